The molecule has 19 heavy (non-hydrogen) atoms. The van der Waals surface area contributed by atoms with E-state index in [4.69, 9.17) is 16.3 Å². The maximum atomic E-state index is 12.0. The predicted molar refractivity (Wildman–Crippen MR) is 79.4 cm³/mol. The Morgan fingerprint density at radius 1 is 1.11 bits per heavy atom. The number of Topliss-reactive ketones (excluding diaryl/α,β-unsaturated/α-hetero) is 1. The van der Waals surface area contributed by atoms with Crippen LogP contribution >= 0.6 is 11.6 Å². The summed E-state index contributed by atoms with van der Waals surface area (Å²) in [7, 11) is 1.65. The van der Waals surface area contributed by atoms with E-state index < -0.39 is 0 Å². The van der Waals surface area contributed by atoms with E-state index in [-0.39, 0.29) is 5.78 Å². The summed E-state index contributed by atoms with van der Waals surface area (Å²) in [5.41, 5.74) is 0.771. The van der Waals surface area contributed by atoms with Gasteiger partial charge >= 0.3 is 0 Å². The molecule has 0 unspecified atom stereocenters. The van der Waals surface area contributed by atoms with Gasteiger partial charge in [-0.3, -0.25) is 4.79 Å². The van der Waals surface area contributed by atoms with Crippen molar-refractivity contribution in [3.63, 3.8) is 0 Å². The molecule has 0 fully saturated rings. The van der Waals surface area contributed by atoms with Crippen LogP contribution in [0.2, 0.25) is 0 Å². The maximum absolute atomic E-state index is 12.0. The van der Waals surface area contributed by atoms with E-state index in [1.54, 1.807) is 7.11 Å². The molecule has 0 bridgehead atoms. The van der Waals surface area contributed by atoms with Gasteiger partial charge in [0.25, 0.3) is 0 Å². The van der Waals surface area contributed by atoms with Crippen molar-refractivity contribution in [3.8, 4) is 5.75 Å². The van der Waals surface area contributed by atoms with Crippen LogP contribution in [0.15, 0.2) is 36.4 Å². The van der Waals surface area contributed by atoms with Gasteiger partial charge in [-0.25, -0.2) is 0 Å². The van der Waals surface area contributed by atoms with Gasteiger partial charge in [0.15, 0.2) is 5.78 Å². The Hall–Kier alpha value is -1.54. The number of benzene rings is 2. The van der Waals surface area contributed by atoms with Gasteiger partial charge in [0.05, 0.1) is 7.11 Å². The molecule has 0 saturated heterocycles. The molecule has 2 aromatic carbocycles. The molecule has 0 aliphatic carbocycles. The first-order valence-electron chi connectivity index (χ1n) is 6.41. The van der Waals surface area contributed by atoms with Gasteiger partial charge in [-0.2, -0.15) is 0 Å². The van der Waals surface area contributed by atoms with Crippen molar-refractivity contribution in [2.24, 2.45) is 0 Å². The highest BCUT2D eigenvalue weighted by molar-refractivity contribution is 6.17. The summed E-state index contributed by atoms with van der Waals surface area (Å²) in [5.74, 6) is 1.63. The van der Waals surface area contributed by atoms with Crippen molar-refractivity contribution < 1.29 is 9.53 Å². The number of ketones is 1. The van der Waals surface area contributed by atoms with Crippen LogP contribution in [0.25, 0.3) is 10.8 Å². The number of ether oxygens (including phenoxy) is 1. The van der Waals surface area contributed by atoms with Gasteiger partial charge in [-0.1, -0.05) is 18.2 Å². The molecule has 3 heteroatoms. The summed E-state index contributed by atoms with van der Waals surface area (Å²) < 4.78 is 5.19. The second-order valence-corrected chi connectivity index (χ2v) is 4.88. The van der Waals surface area contributed by atoms with Crippen LogP contribution in [-0.4, -0.2) is 18.8 Å². The zero-order chi connectivity index (χ0) is 13.7. The number of carbonyl (C=O) groups excluding carboxylic acids is 1. The van der Waals surface area contributed by atoms with E-state index in [0.29, 0.717) is 12.3 Å². The molecule has 2 aromatic rings. The fourth-order valence-corrected chi connectivity index (χ4v) is 2.24. The van der Waals surface area contributed by atoms with Crippen LogP contribution in [0.1, 0.15) is 29.6 Å². The summed E-state index contributed by atoms with van der Waals surface area (Å²) in [5, 5.41) is 2.14. The third-order valence-corrected chi connectivity index (χ3v) is 3.42. The fourth-order valence-electron chi connectivity index (χ4n) is 2.05. The minimum Gasteiger partial charge on any atom is -0.497 e. The van der Waals surface area contributed by atoms with E-state index >= 15 is 0 Å². The normalized spacial score (nSPS) is 10.6. The minimum atomic E-state index is 0.183. The molecular formula is C16H17ClO2. The van der Waals surface area contributed by atoms with Crippen molar-refractivity contribution in [2.45, 2.75) is 19.3 Å². The first-order chi connectivity index (χ1) is 9.24. The zero-order valence-corrected chi connectivity index (χ0v) is 11.7. The third kappa shape index (κ3) is 3.48. The lowest BCUT2D eigenvalue weighted by Gasteiger charge is -2.05. The van der Waals surface area contributed by atoms with Gasteiger partial charge in [0, 0.05) is 17.9 Å². The van der Waals surface area contributed by atoms with Crippen LogP contribution in [0, 0.1) is 0 Å². The first-order valence-corrected chi connectivity index (χ1v) is 6.95. The lowest BCUT2D eigenvalue weighted by atomic mass is 10.0. The number of unbranched alkanes of at least 4 members (excludes halogenated alkanes) is 1. The number of hydrogen-bond acceptors (Lipinski definition) is 2. The van der Waals surface area contributed by atoms with Crippen LogP contribution in [0.3, 0.4) is 0 Å². The monoisotopic (exact) mass is 276 g/mol. The molecule has 100 valence electrons. The quantitative estimate of drug-likeness (QED) is 0.443. The summed E-state index contributed by atoms with van der Waals surface area (Å²) >= 11 is 5.61. The minimum absolute atomic E-state index is 0.183. The Kier molecular flexibility index (Phi) is 4.80. The average molecular weight is 277 g/mol. The summed E-state index contributed by atoms with van der Waals surface area (Å²) in [6, 6.07) is 11.6. The van der Waals surface area contributed by atoms with E-state index in [1.165, 1.54) is 0 Å². The van der Waals surface area contributed by atoms with Crippen LogP contribution < -0.4 is 4.74 Å². The number of alkyl halides is 1. The molecule has 0 spiro atoms. The summed E-state index contributed by atoms with van der Waals surface area (Å²) in [6.45, 7) is 0. The number of hydrogen-bond donors (Lipinski definition) is 0. The highest BCUT2D eigenvalue weighted by Crippen LogP contribution is 2.22. The van der Waals surface area contributed by atoms with Crippen molar-refractivity contribution in [1.29, 1.82) is 0 Å². The molecule has 0 radical (unpaired) electrons. The van der Waals surface area contributed by atoms with Crippen molar-refractivity contribution in [2.75, 3.05) is 13.0 Å². The molecular weight excluding hydrogens is 260 g/mol. The zero-order valence-electron chi connectivity index (χ0n) is 11.0. The number of carbonyl (C=O) groups is 1. The molecule has 0 N–H and O–H groups in total. The van der Waals surface area contributed by atoms with Gasteiger partial charge in [0.2, 0.25) is 0 Å². The number of rotatable bonds is 6. The van der Waals surface area contributed by atoms with E-state index in [9.17, 15) is 4.79 Å². The number of fused-ring (bicyclic) bond motifs is 1. The smallest absolute Gasteiger partial charge is 0.162 e. The largest absolute Gasteiger partial charge is 0.497 e. The Labute approximate surface area is 118 Å². The Morgan fingerprint density at radius 3 is 2.58 bits per heavy atom. The van der Waals surface area contributed by atoms with Crippen molar-refractivity contribution in [3.05, 3.63) is 42.0 Å². The molecule has 0 heterocycles. The molecule has 0 aliphatic rings. The van der Waals surface area contributed by atoms with Crippen LogP contribution in [-0.2, 0) is 0 Å². The Morgan fingerprint density at radius 2 is 1.84 bits per heavy atom. The van der Waals surface area contributed by atoms with Gasteiger partial charge in [0.1, 0.15) is 5.75 Å². The lowest BCUT2D eigenvalue weighted by molar-refractivity contribution is 0.0980. The van der Waals surface area contributed by atoms with Crippen LogP contribution in [0.5, 0.6) is 5.75 Å². The lowest BCUT2D eigenvalue weighted by Crippen LogP contribution is -1.99. The number of methoxy groups -OCH3 is 1. The predicted octanol–water partition coefficient (Wildman–Crippen LogP) is 4.44. The van der Waals surface area contributed by atoms with Gasteiger partial charge in [-0.15, -0.1) is 11.6 Å². The Bertz CT molecular complexity index is 578. The standard InChI is InChI=1S/C16H17ClO2/c1-19-15-8-7-12-10-14(6-5-13(12)11-15)16(18)4-2-3-9-17/h5-8,10-11H,2-4,9H2,1H3. The van der Waals surface area contributed by atoms with Crippen LogP contribution in [0.4, 0.5) is 0 Å². The second kappa shape index (κ2) is 6.58. The first kappa shape index (κ1) is 13.9. The molecule has 0 atom stereocenters. The SMILES string of the molecule is COc1ccc2cc(C(=O)CCCCCl)ccc2c1. The van der Waals surface area contributed by atoms with E-state index in [1.807, 2.05) is 36.4 Å². The molecule has 0 aliphatic heterocycles. The van der Waals surface area contributed by atoms with E-state index in [0.717, 1.165) is 34.9 Å². The third-order valence-electron chi connectivity index (χ3n) is 3.16. The van der Waals surface area contributed by atoms with Crippen molar-refractivity contribution in [1.82, 2.24) is 0 Å². The summed E-state index contributed by atoms with van der Waals surface area (Å²) in [6.07, 6.45) is 2.30. The molecule has 0 amide bonds. The van der Waals surface area contributed by atoms with Gasteiger partial charge in [-0.05, 0) is 41.8 Å². The summed E-state index contributed by atoms with van der Waals surface area (Å²) in [4.78, 5) is 12.0. The number of halogens is 1. The molecule has 2 nitrogen and oxygen atoms in total. The molecule has 2 rings (SSSR count). The van der Waals surface area contributed by atoms with Crippen molar-refractivity contribution >= 4 is 28.2 Å². The highest BCUT2D eigenvalue weighted by atomic mass is 35.5. The molecule has 0 aromatic heterocycles. The van der Waals surface area contributed by atoms with Gasteiger partial charge < -0.3 is 4.74 Å². The Balaban J connectivity index is 2.19. The topological polar surface area (TPSA) is 26.3 Å². The highest BCUT2D eigenvalue weighted by Gasteiger charge is 2.06. The second-order valence-electron chi connectivity index (χ2n) is 4.50. The maximum Gasteiger partial charge on any atom is 0.162 e. The van der Waals surface area contributed by atoms with E-state index in [2.05, 4.69) is 0 Å². The average Bonchev–Trinajstić information content (AvgIpc) is 2.46. The molecule has 0 saturated carbocycles. The fraction of sp³-hybridized carbons (Fsp3) is 0.312.